The highest BCUT2D eigenvalue weighted by molar-refractivity contribution is 6.58. The van der Waals surface area contributed by atoms with Gasteiger partial charge in [-0.15, -0.1) is 0 Å². The average molecular weight is 277 g/mol. The number of benzene rings is 1. The lowest BCUT2D eigenvalue weighted by Gasteiger charge is -2.32. The number of rotatable bonds is 8. The SMILES string of the molecule is CCC(CC)N(Cc1ccc(B(O)O)cc1)CC(C)C. The van der Waals surface area contributed by atoms with Crippen LogP contribution in [0.4, 0.5) is 0 Å². The fraction of sp³-hybridized carbons (Fsp3) is 0.625. The van der Waals surface area contributed by atoms with E-state index in [9.17, 15) is 0 Å². The standard InChI is InChI=1S/C16H28BNO2/c1-5-16(6-2)18(11-13(3)4)12-14-7-9-15(10-8-14)17(19)20/h7-10,13,16,19-20H,5-6,11-12H2,1-4H3. The van der Waals surface area contributed by atoms with Gasteiger partial charge in [-0.3, -0.25) is 4.90 Å². The minimum Gasteiger partial charge on any atom is -0.423 e. The summed E-state index contributed by atoms with van der Waals surface area (Å²) in [5, 5.41) is 18.2. The maximum atomic E-state index is 9.12. The highest BCUT2D eigenvalue weighted by Crippen LogP contribution is 2.15. The average Bonchev–Trinajstić information content (AvgIpc) is 2.40. The topological polar surface area (TPSA) is 43.7 Å². The Morgan fingerprint density at radius 3 is 2.00 bits per heavy atom. The van der Waals surface area contributed by atoms with Crippen molar-refractivity contribution < 1.29 is 10.0 Å². The van der Waals surface area contributed by atoms with Gasteiger partial charge in [-0.2, -0.15) is 0 Å². The molecular formula is C16H28BNO2. The van der Waals surface area contributed by atoms with Crippen LogP contribution in [0.2, 0.25) is 0 Å². The zero-order valence-electron chi connectivity index (χ0n) is 13.2. The van der Waals surface area contributed by atoms with E-state index >= 15 is 0 Å². The largest absolute Gasteiger partial charge is 0.488 e. The van der Waals surface area contributed by atoms with Crippen molar-refractivity contribution in [3.05, 3.63) is 29.8 Å². The van der Waals surface area contributed by atoms with E-state index in [0.717, 1.165) is 25.9 Å². The second-order valence-corrected chi connectivity index (χ2v) is 5.91. The highest BCUT2D eigenvalue weighted by Gasteiger charge is 2.17. The number of hydrogen-bond acceptors (Lipinski definition) is 3. The highest BCUT2D eigenvalue weighted by atomic mass is 16.4. The summed E-state index contributed by atoms with van der Waals surface area (Å²) < 4.78 is 0. The zero-order valence-corrected chi connectivity index (χ0v) is 13.2. The van der Waals surface area contributed by atoms with E-state index in [0.29, 0.717) is 17.4 Å². The Morgan fingerprint density at radius 1 is 1.05 bits per heavy atom. The molecule has 0 aromatic heterocycles. The smallest absolute Gasteiger partial charge is 0.423 e. The van der Waals surface area contributed by atoms with Crippen LogP contribution < -0.4 is 5.46 Å². The van der Waals surface area contributed by atoms with Crippen molar-refractivity contribution in [2.45, 2.75) is 53.1 Å². The van der Waals surface area contributed by atoms with Gasteiger partial charge < -0.3 is 10.0 Å². The molecule has 0 amide bonds. The maximum absolute atomic E-state index is 9.12. The third kappa shape index (κ3) is 5.27. The molecule has 0 radical (unpaired) electrons. The molecule has 2 N–H and O–H groups in total. The summed E-state index contributed by atoms with van der Waals surface area (Å²) >= 11 is 0. The van der Waals surface area contributed by atoms with Crippen LogP contribution in [-0.2, 0) is 6.54 Å². The molecular weight excluding hydrogens is 249 g/mol. The van der Waals surface area contributed by atoms with E-state index in [1.807, 2.05) is 12.1 Å². The lowest BCUT2D eigenvalue weighted by atomic mass is 9.80. The van der Waals surface area contributed by atoms with Crippen LogP contribution in [0.15, 0.2) is 24.3 Å². The van der Waals surface area contributed by atoms with Crippen LogP contribution >= 0.6 is 0 Å². The van der Waals surface area contributed by atoms with Gasteiger partial charge in [0.1, 0.15) is 0 Å². The first-order chi connectivity index (χ1) is 9.47. The van der Waals surface area contributed by atoms with E-state index in [2.05, 4.69) is 32.6 Å². The van der Waals surface area contributed by atoms with Crippen LogP contribution in [0.5, 0.6) is 0 Å². The third-order valence-corrected chi connectivity index (χ3v) is 3.72. The molecule has 0 aliphatic rings. The van der Waals surface area contributed by atoms with Gasteiger partial charge in [0.05, 0.1) is 0 Å². The van der Waals surface area contributed by atoms with Crippen LogP contribution in [0.25, 0.3) is 0 Å². The minimum absolute atomic E-state index is 0.548. The molecule has 1 rings (SSSR count). The predicted molar refractivity (Wildman–Crippen MR) is 85.9 cm³/mol. The van der Waals surface area contributed by atoms with E-state index in [4.69, 9.17) is 10.0 Å². The van der Waals surface area contributed by atoms with E-state index < -0.39 is 7.12 Å². The van der Waals surface area contributed by atoms with Crippen molar-refractivity contribution in [3.63, 3.8) is 0 Å². The molecule has 1 aromatic rings. The lowest BCUT2D eigenvalue weighted by Crippen LogP contribution is -2.37. The monoisotopic (exact) mass is 277 g/mol. The van der Waals surface area contributed by atoms with Crippen LogP contribution in [0, 0.1) is 5.92 Å². The third-order valence-electron chi connectivity index (χ3n) is 3.72. The fourth-order valence-corrected chi connectivity index (χ4v) is 2.65. The first-order valence-corrected chi connectivity index (χ1v) is 7.66. The molecule has 0 atom stereocenters. The van der Waals surface area contributed by atoms with E-state index in [-0.39, 0.29) is 0 Å². The molecule has 0 aliphatic heterocycles. The van der Waals surface area contributed by atoms with Gasteiger partial charge in [-0.05, 0) is 29.8 Å². The van der Waals surface area contributed by atoms with Crippen molar-refractivity contribution in [1.29, 1.82) is 0 Å². The van der Waals surface area contributed by atoms with E-state index in [1.54, 1.807) is 12.1 Å². The molecule has 20 heavy (non-hydrogen) atoms. The van der Waals surface area contributed by atoms with Crippen molar-refractivity contribution in [2.24, 2.45) is 5.92 Å². The summed E-state index contributed by atoms with van der Waals surface area (Å²) in [5.74, 6) is 0.647. The molecule has 112 valence electrons. The molecule has 1 aromatic carbocycles. The molecule has 0 bridgehead atoms. The van der Waals surface area contributed by atoms with Crippen molar-refractivity contribution >= 4 is 12.6 Å². The molecule has 0 fully saturated rings. The van der Waals surface area contributed by atoms with Crippen LogP contribution in [-0.4, -0.2) is 34.7 Å². The maximum Gasteiger partial charge on any atom is 0.488 e. The molecule has 3 nitrogen and oxygen atoms in total. The molecule has 0 heterocycles. The van der Waals surface area contributed by atoms with Gasteiger partial charge in [0, 0.05) is 19.1 Å². The molecule has 0 unspecified atom stereocenters. The Hall–Kier alpha value is -0.835. The van der Waals surface area contributed by atoms with Gasteiger partial charge in [0.2, 0.25) is 0 Å². The second-order valence-electron chi connectivity index (χ2n) is 5.91. The van der Waals surface area contributed by atoms with Crippen LogP contribution in [0.3, 0.4) is 0 Å². The summed E-state index contributed by atoms with van der Waals surface area (Å²) in [6, 6.07) is 8.18. The Labute approximate surface area is 123 Å². The lowest BCUT2D eigenvalue weighted by molar-refractivity contribution is 0.157. The summed E-state index contributed by atoms with van der Waals surface area (Å²) in [4.78, 5) is 2.54. The number of hydrogen-bond donors (Lipinski definition) is 2. The summed E-state index contributed by atoms with van der Waals surface area (Å²) in [6.45, 7) is 11.0. The first kappa shape index (κ1) is 17.2. The molecule has 0 saturated heterocycles. The molecule has 0 saturated carbocycles. The summed E-state index contributed by atoms with van der Waals surface area (Å²) in [6.07, 6.45) is 2.33. The second kappa shape index (κ2) is 8.45. The van der Waals surface area contributed by atoms with E-state index in [1.165, 1.54) is 5.56 Å². The molecule has 0 aliphatic carbocycles. The van der Waals surface area contributed by atoms with Crippen molar-refractivity contribution in [1.82, 2.24) is 4.90 Å². The fourth-order valence-electron chi connectivity index (χ4n) is 2.65. The first-order valence-electron chi connectivity index (χ1n) is 7.66. The number of nitrogens with zero attached hydrogens (tertiary/aromatic N) is 1. The van der Waals surface area contributed by atoms with Crippen molar-refractivity contribution in [3.8, 4) is 0 Å². The van der Waals surface area contributed by atoms with Gasteiger partial charge >= 0.3 is 7.12 Å². The van der Waals surface area contributed by atoms with Crippen molar-refractivity contribution in [2.75, 3.05) is 6.54 Å². The minimum atomic E-state index is -1.38. The normalized spacial score (nSPS) is 11.7. The Morgan fingerprint density at radius 2 is 1.60 bits per heavy atom. The summed E-state index contributed by atoms with van der Waals surface area (Å²) in [5.41, 5.74) is 1.77. The Balaban J connectivity index is 2.77. The van der Waals surface area contributed by atoms with Gasteiger partial charge in [0.25, 0.3) is 0 Å². The predicted octanol–water partition coefficient (Wildman–Crippen LogP) is 2.01. The van der Waals surface area contributed by atoms with Gasteiger partial charge in [-0.1, -0.05) is 52.0 Å². The van der Waals surface area contributed by atoms with Gasteiger partial charge in [-0.25, -0.2) is 0 Å². The summed E-state index contributed by atoms with van der Waals surface area (Å²) in [7, 11) is -1.38. The molecule has 0 spiro atoms. The quantitative estimate of drug-likeness (QED) is 0.714. The zero-order chi connectivity index (χ0) is 15.1. The van der Waals surface area contributed by atoms with Gasteiger partial charge in [0.15, 0.2) is 0 Å². The van der Waals surface area contributed by atoms with Crippen LogP contribution in [0.1, 0.15) is 46.1 Å². The molecule has 4 heteroatoms. The Kier molecular flexibility index (Phi) is 7.28. The Bertz CT molecular complexity index is 375.